The molecule has 0 spiro atoms. The van der Waals surface area contributed by atoms with Crippen LogP contribution >= 0.6 is 0 Å². The number of benzene rings is 1. The Kier molecular flexibility index (Phi) is 2.91. The number of aryl methyl sites for hydroxylation is 1. The van der Waals surface area contributed by atoms with Gasteiger partial charge in [0.15, 0.2) is 0 Å². The first-order valence-electron chi connectivity index (χ1n) is 7.43. The summed E-state index contributed by atoms with van der Waals surface area (Å²) in [4.78, 5) is 0.363. The van der Waals surface area contributed by atoms with Gasteiger partial charge in [-0.25, -0.2) is 8.42 Å². The first kappa shape index (κ1) is 13.6. The predicted octanol–water partition coefficient (Wildman–Crippen LogP) is 3.18. The highest BCUT2D eigenvalue weighted by molar-refractivity contribution is 7.89. The summed E-state index contributed by atoms with van der Waals surface area (Å²) >= 11 is 0. The van der Waals surface area contributed by atoms with Crippen LogP contribution in [0.2, 0.25) is 0 Å². The van der Waals surface area contributed by atoms with E-state index >= 15 is 0 Å². The summed E-state index contributed by atoms with van der Waals surface area (Å²) in [5.74, 6) is 0.409. The Bertz CT molecular complexity index is 842. The van der Waals surface area contributed by atoms with E-state index in [1.807, 2.05) is 37.3 Å². The van der Waals surface area contributed by atoms with Gasteiger partial charge in [0.25, 0.3) is 10.0 Å². The Morgan fingerprint density at radius 2 is 1.86 bits per heavy atom. The average molecular weight is 311 g/mol. The Hall–Kier alpha value is -2.07. The number of hydrogen-bond acceptors (Lipinski definition) is 2. The van der Waals surface area contributed by atoms with Gasteiger partial charge in [0.05, 0.1) is 4.90 Å². The van der Waals surface area contributed by atoms with Gasteiger partial charge in [-0.3, -0.25) is 4.31 Å². The van der Waals surface area contributed by atoms with Crippen molar-refractivity contribution in [1.29, 1.82) is 0 Å². The Balaban J connectivity index is 1.79. The lowest BCUT2D eigenvalue weighted by atomic mass is 9.81. The third-order valence-electron chi connectivity index (χ3n) is 4.58. The summed E-state index contributed by atoms with van der Waals surface area (Å²) < 4.78 is 27.6. The molecule has 0 radical (unpaired) electrons. The minimum Gasteiger partial charge on any atom is -0.269 e. The number of sulfonamides is 1. The van der Waals surface area contributed by atoms with Crippen molar-refractivity contribution in [2.75, 3.05) is 6.54 Å². The van der Waals surface area contributed by atoms with E-state index in [-0.39, 0.29) is 11.8 Å². The summed E-state index contributed by atoms with van der Waals surface area (Å²) in [7, 11) is -3.49. The van der Waals surface area contributed by atoms with Crippen LogP contribution in [0.15, 0.2) is 76.9 Å². The van der Waals surface area contributed by atoms with Gasteiger partial charge in [-0.2, -0.15) is 0 Å². The van der Waals surface area contributed by atoms with Crippen LogP contribution in [0.4, 0.5) is 0 Å². The van der Waals surface area contributed by atoms with Gasteiger partial charge < -0.3 is 0 Å². The van der Waals surface area contributed by atoms with Crippen molar-refractivity contribution in [2.24, 2.45) is 11.8 Å². The molecule has 1 saturated heterocycles. The highest BCUT2D eigenvalue weighted by Crippen LogP contribution is 2.45. The normalized spacial score (nSPS) is 25.8. The summed E-state index contributed by atoms with van der Waals surface area (Å²) in [5.41, 5.74) is 3.15. The predicted molar refractivity (Wildman–Crippen MR) is 86.5 cm³/mol. The van der Waals surface area contributed by atoms with Crippen LogP contribution in [0, 0.1) is 18.8 Å². The lowest BCUT2D eigenvalue weighted by Crippen LogP contribution is -2.28. The Labute approximate surface area is 131 Å². The summed E-state index contributed by atoms with van der Waals surface area (Å²) in [5, 5.41) is 0. The van der Waals surface area contributed by atoms with E-state index in [1.54, 1.807) is 16.4 Å². The zero-order chi connectivity index (χ0) is 15.3. The summed E-state index contributed by atoms with van der Waals surface area (Å²) in [6.45, 7) is 2.47. The maximum absolute atomic E-state index is 13.0. The second kappa shape index (κ2) is 4.71. The van der Waals surface area contributed by atoms with Crippen molar-refractivity contribution < 1.29 is 8.42 Å². The molecule has 4 heteroatoms. The van der Waals surface area contributed by atoms with Gasteiger partial charge in [-0.1, -0.05) is 48.1 Å². The molecule has 4 rings (SSSR count). The molecule has 0 aromatic heterocycles. The van der Waals surface area contributed by atoms with Crippen LogP contribution in [0.5, 0.6) is 0 Å². The molecule has 1 aliphatic heterocycles. The highest BCUT2D eigenvalue weighted by atomic mass is 32.2. The fourth-order valence-corrected chi connectivity index (χ4v) is 5.01. The van der Waals surface area contributed by atoms with Crippen LogP contribution in [0.25, 0.3) is 0 Å². The van der Waals surface area contributed by atoms with Crippen LogP contribution < -0.4 is 0 Å². The molecule has 22 heavy (non-hydrogen) atoms. The van der Waals surface area contributed by atoms with E-state index < -0.39 is 10.0 Å². The third-order valence-corrected chi connectivity index (χ3v) is 6.39. The second-order valence-corrected chi connectivity index (χ2v) is 7.86. The second-order valence-electron chi connectivity index (χ2n) is 5.99. The van der Waals surface area contributed by atoms with E-state index in [2.05, 4.69) is 18.2 Å². The smallest absolute Gasteiger partial charge is 0.264 e. The third kappa shape index (κ3) is 1.91. The number of hydrogen-bond donors (Lipinski definition) is 0. The molecule has 0 amide bonds. The molecule has 2 atom stereocenters. The standard InChI is InChI=1S/C18H17NO2S/c1-13-8-10-16(11-9-13)22(20,21)19-12-15-6-2-4-14-5-3-7-17(19)18(14)15/h2-11,15,18H,12H2,1H3. The topological polar surface area (TPSA) is 37.4 Å². The van der Waals surface area contributed by atoms with E-state index in [0.29, 0.717) is 11.4 Å². The lowest BCUT2D eigenvalue weighted by Gasteiger charge is -2.25. The van der Waals surface area contributed by atoms with Crippen LogP contribution in [0.3, 0.4) is 0 Å². The van der Waals surface area contributed by atoms with Crippen LogP contribution in [-0.4, -0.2) is 19.3 Å². The van der Waals surface area contributed by atoms with Crippen molar-refractivity contribution in [3.05, 3.63) is 77.6 Å². The van der Waals surface area contributed by atoms with Gasteiger partial charge in [-0.05, 0) is 30.7 Å². The molecule has 112 valence electrons. The SMILES string of the molecule is Cc1ccc(S(=O)(=O)N2CC3C=CC=C4C=CC=C2C43)cc1. The largest absolute Gasteiger partial charge is 0.269 e. The molecule has 1 aromatic rings. The maximum atomic E-state index is 13.0. The monoisotopic (exact) mass is 311 g/mol. The molecule has 1 heterocycles. The van der Waals surface area contributed by atoms with Gasteiger partial charge in [-0.15, -0.1) is 0 Å². The molecule has 2 unspecified atom stereocenters. The summed E-state index contributed by atoms with van der Waals surface area (Å²) in [6.07, 6.45) is 12.2. The maximum Gasteiger partial charge on any atom is 0.264 e. The molecule has 0 bridgehead atoms. The van der Waals surface area contributed by atoms with Crippen LogP contribution in [0.1, 0.15) is 5.56 Å². The van der Waals surface area contributed by atoms with Gasteiger partial charge in [0.2, 0.25) is 0 Å². The molecule has 3 aliphatic rings. The minimum absolute atomic E-state index is 0.176. The van der Waals surface area contributed by atoms with Crippen LogP contribution in [-0.2, 0) is 10.0 Å². The lowest BCUT2D eigenvalue weighted by molar-refractivity contribution is 0.498. The molecular formula is C18H17NO2S. The first-order chi connectivity index (χ1) is 10.6. The number of nitrogens with zero attached hydrogens (tertiary/aromatic N) is 1. The molecule has 1 aromatic carbocycles. The van der Waals surface area contributed by atoms with Crippen molar-refractivity contribution in [3.63, 3.8) is 0 Å². The molecule has 3 nitrogen and oxygen atoms in total. The van der Waals surface area contributed by atoms with Gasteiger partial charge in [0, 0.05) is 24.1 Å². The van der Waals surface area contributed by atoms with Gasteiger partial charge in [0.1, 0.15) is 0 Å². The summed E-state index contributed by atoms with van der Waals surface area (Å²) in [6, 6.07) is 7.07. The van der Waals surface area contributed by atoms with E-state index in [0.717, 1.165) is 11.3 Å². The fourth-order valence-electron chi connectivity index (χ4n) is 3.46. The molecule has 0 N–H and O–H groups in total. The molecule has 2 aliphatic carbocycles. The molecule has 1 fully saturated rings. The number of rotatable bonds is 2. The first-order valence-corrected chi connectivity index (χ1v) is 8.87. The quantitative estimate of drug-likeness (QED) is 0.841. The highest BCUT2D eigenvalue weighted by Gasteiger charge is 2.44. The van der Waals surface area contributed by atoms with Crippen molar-refractivity contribution in [1.82, 2.24) is 4.31 Å². The Morgan fingerprint density at radius 3 is 2.64 bits per heavy atom. The van der Waals surface area contributed by atoms with E-state index in [9.17, 15) is 8.42 Å². The number of allylic oxidation sites excluding steroid dienone is 6. The molecular weight excluding hydrogens is 294 g/mol. The van der Waals surface area contributed by atoms with Gasteiger partial charge >= 0.3 is 0 Å². The zero-order valence-corrected chi connectivity index (χ0v) is 13.1. The van der Waals surface area contributed by atoms with E-state index in [4.69, 9.17) is 0 Å². The van der Waals surface area contributed by atoms with Crippen molar-refractivity contribution in [3.8, 4) is 0 Å². The van der Waals surface area contributed by atoms with Crippen molar-refractivity contribution >= 4 is 10.0 Å². The fraction of sp³-hybridized carbons (Fsp3) is 0.222. The van der Waals surface area contributed by atoms with Crippen molar-refractivity contribution in [2.45, 2.75) is 11.8 Å². The average Bonchev–Trinajstić information content (AvgIpc) is 2.90. The molecule has 0 saturated carbocycles. The zero-order valence-electron chi connectivity index (χ0n) is 12.3. The van der Waals surface area contributed by atoms with E-state index in [1.165, 1.54) is 5.57 Å². The minimum atomic E-state index is -3.49. The Morgan fingerprint density at radius 1 is 1.09 bits per heavy atom.